The SMILES string of the molecule is CC(C)(C)OC(=O)N[C@H]1CCCCCC=C[C@@H]2C[C@@]2(C(=O)O)NC(=O)[C@@H]2C[C@@H](n3nnc(-c4cc(-c5ccccc5)nc5ccccc45)n3)CN2C1=O. The lowest BCUT2D eigenvalue weighted by Crippen LogP contribution is -2.56. The smallest absolute Gasteiger partial charge is 0.408 e. The summed E-state index contributed by atoms with van der Waals surface area (Å²) in [6.07, 6.45) is 6.81. The lowest BCUT2D eigenvalue weighted by Gasteiger charge is -2.30. The highest BCUT2D eigenvalue weighted by atomic mass is 16.6. The second kappa shape index (κ2) is 14.4. The standard InChI is InChI=1S/C39H44N8O6/c1-38(2,3)53-37(52)41-30-19-11-6-4-5-10-16-25-22-39(25,36(50)51)42-34(48)32-20-26(23-46(32)35(30)49)47-44-33(43-45-47)28-21-31(24-14-8-7-9-15-24)40-29-18-13-12-17-27(28)29/h7-10,12-18,21,25-26,30,32H,4-6,11,19-20,22-23H2,1-3H3,(H,41,52)(H,42,48)(H,50,51)/t25-,26-,30+,32+,39-/m1/s1. The van der Waals surface area contributed by atoms with Crippen LogP contribution in [0.3, 0.4) is 0 Å². The second-order valence-electron chi connectivity index (χ2n) is 15.1. The van der Waals surface area contributed by atoms with Crippen LogP contribution in [-0.2, 0) is 19.1 Å². The van der Waals surface area contributed by atoms with Gasteiger partial charge in [-0.25, -0.2) is 14.6 Å². The number of hydrogen-bond donors (Lipinski definition) is 3. The normalized spacial score (nSPS) is 25.1. The molecule has 14 heteroatoms. The Morgan fingerprint density at radius 1 is 1.04 bits per heavy atom. The largest absolute Gasteiger partial charge is 0.479 e. The molecule has 2 aliphatic heterocycles. The van der Waals surface area contributed by atoms with Crippen LogP contribution in [0.5, 0.6) is 0 Å². The molecule has 1 saturated carbocycles. The third-order valence-corrected chi connectivity index (χ3v) is 10.1. The summed E-state index contributed by atoms with van der Waals surface area (Å²) >= 11 is 0. The highest BCUT2D eigenvalue weighted by Gasteiger charge is 2.61. The number of benzene rings is 2. The van der Waals surface area contributed by atoms with E-state index >= 15 is 0 Å². The van der Waals surface area contributed by atoms with Crippen molar-refractivity contribution in [3.63, 3.8) is 0 Å². The summed E-state index contributed by atoms with van der Waals surface area (Å²) in [5.41, 5.74) is 0.919. The molecule has 2 aromatic carbocycles. The minimum atomic E-state index is -1.45. The summed E-state index contributed by atoms with van der Waals surface area (Å²) in [5, 5.41) is 30.2. The number of pyridine rings is 1. The fourth-order valence-corrected chi connectivity index (χ4v) is 7.30. The molecule has 2 aromatic heterocycles. The topological polar surface area (TPSA) is 182 Å². The van der Waals surface area contributed by atoms with Crippen molar-refractivity contribution in [2.75, 3.05) is 6.54 Å². The summed E-state index contributed by atoms with van der Waals surface area (Å²) in [4.78, 5) is 61.7. The molecule has 0 spiro atoms. The third kappa shape index (κ3) is 7.62. The number of tetrazole rings is 1. The van der Waals surface area contributed by atoms with Crippen LogP contribution in [0.1, 0.15) is 71.8 Å². The van der Waals surface area contributed by atoms with E-state index < -0.39 is 53.1 Å². The number of carbonyl (C=O) groups excluding carboxylic acids is 3. The van der Waals surface area contributed by atoms with Crippen LogP contribution < -0.4 is 10.6 Å². The second-order valence-corrected chi connectivity index (χ2v) is 15.1. The van der Waals surface area contributed by atoms with Gasteiger partial charge in [0.05, 0.1) is 17.3 Å². The van der Waals surface area contributed by atoms with Crippen molar-refractivity contribution in [2.24, 2.45) is 5.92 Å². The Kier molecular flexibility index (Phi) is 9.71. The predicted octanol–water partition coefficient (Wildman–Crippen LogP) is 5.07. The fourth-order valence-electron chi connectivity index (χ4n) is 7.30. The van der Waals surface area contributed by atoms with E-state index in [0.717, 1.165) is 47.0 Å². The molecule has 3 aliphatic rings. The van der Waals surface area contributed by atoms with Gasteiger partial charge in [0.15, 0.2) is 0 Å². The van der Waals surface area contributed by atoms with E-state index in [1.54, 1.807) is 20.8 Å². The number of carboxylic acids is 1. The summed E-state index contributed by atoms with van der Waals surface area (Å²) in [7, 11) is 0. The van der Waals surface area contributed by atoms with E-state index in [0.29, 0.717) is 18.7 Å². The molecular formula is C39H44N8O6. The molecule has 0 radical (unpaired) electrons. The summed E-state index contributed by atoms with van der Waals surface area (Å²) in [6.45, 7) is 5.26. The monoisotopic (exact) mass is 720 g/mol. The molecule has 1 aliphatic carbocycles. The summed E-state index contributed by atoms with van der Waals surface area (Å²) in [5.74, 6) is -2.17. The molecule has 3 amide bonds. The first-order valence-corrected chi connectivity index (χ1v) is 18.2. The number of aliphatic carboxylic acids is 1. The Bertz CT molecular complexity index is 2060. The van der Waals surface area contributed by atoms with Gasteiger partial charge < -0.3 is 25.4 Å². The van der Waals surface area contributed by atoms with Gasteiger partial charge in [-0.15, -0.1) is 10.2 Å². The van der Waals surface area contributed by atoms with E-state index in [4.69, 9.17) is 14.8 Å². The highest BCUT2D eigenvalue weighted by Crippen LogP contribution is 2.45. The molecule has 7 rings (SSSR count). The minimum Gasteiger partial charge on any atom is -0.479 e. The molecule has 0 bridgehead atoms. The first-order valence-electron chi connectivity index (χ1n) is 18.2. The Hall–Kier alpha value is -5.66. The number of amides is 3. The Morgan fingerprint density at radius 2 is 1.81 bits per heavy atom. The molecule has 0 unspecified atom stereocenters. The van der Waals surface area contributed by atoms with Crippen molar-refractivity contribution >= 4 is 34.8 Å². The molecule has 3 N–H and O–H groups in total. The van der Waals surface area contributed by atoms with E-state index in [1.807, 2.05) is 72.8 Å². The predicted molar refractivity (Wildman–Crippen MR) is 195 cm³/mol. The van der Waals surface area contributed by atoms with Crippen molar-refractivity contribution in [1.29, 1.82) is 0 Å². The van der Waals surface area contributed by atoms with Crippen molar-refractivity contribution in [2.45, 2.75) is 95.0 Å². The van der Waals surface area contributed by atoms with Crippen LogP contribution in [0.15, 0.2) is 72.8 Å². The molecular weight excluding hydrogens is 676 g/mol. The number of carboxylic acid groups (broad SMARTS) is 1. The number of allylic oxidation sites excluding steroid dienone is 1. The molecule has 276 valence electrons. The number of ether oxygens (including phenoxy) is 1. The van der Waals surface area contributed by atoms with Gasteiger partial charge in [0.1, 0.15) is 23.2 Å². The maximum absolute atomic E-state index is 14.4. The maximum atomic E-state index is 14.4. The lowest BCUT2D eigenvalue weighted by atomic mass is 10.0. The zero-order valence-electron chi connectivity index (χ0n) is 30.1. The zero-order chi connectivity index (χ0) is 37.3. The van der Waals surface area contributed by atoms with E-state index in [1.165, 1.54) is 9.70 Å². The van der Waals surface area contributed by atoms with Gasteiger partial charge in [-0.1, -0.05) is 73.5 Å². The lowest BCUT2D eigenvalue weighted by molar-refractivity contribution is -0.145. The van der Waals surface area contributed by atoms with Gasteiger partial charge in [0.25, 0.3) is 0 Å². The minimum absolute atomic E-state index is 0.0367. The van der Waals surface area contributed by atoms with Crippen molar-refractivity contribution in [1.82, 2.24) is 40.7 Å². The molecule has 5 atom stereocenters. The molecule has 53 heavy (non-hydrogen) atoms. The number of aromatic nitrogens is 5. The number of fused-ring (bicyclic) bond motifs is 3. The first-order chi connectivity index (χ1) is 25.4. The Morgan fingerprint density at radius 3 is 2.58 bits per heavy atom. The zero-order valence-corrected chi connectivity index (χ0v) is 30.1. The molecule has 1 saturated heterocycles. The van der Waals surface area contributed by atoms with Gasteiger partial charge in [-0.2, -0.15) is 4.80 Å². The van der Waals surface area contributed by atoms with Crippen LogP contribution in [-0.4, -0.2) is 88.8 Å². The van der Waals surface area contributed by atoms with E-state index in [9.17, 15) is 24.3 Å². The number of carbonyl (C=O) groups is 4. The number of nitrogens with zero attached hydrogens (tertiary/aromatic N) is 6. The van der Waals surface area contributed by atoms with E-state index in [-0.39, 0.29) is 25.3 Å². The van der Waals surface area contributed by atoms with Crippen LogP contribution >= 0.6 is 0 Å². The number of hydrogen-bond acceptors (Lipinski definition) is 9. The van der Waals surface area contributed by atoms with Gasteiger partial charge in [-0.05, 0) is 63.8 Å². The fraction of sp³-hybridized carbons (Fsp3) is 0.436. The van der Waals surface area contributed by atoms with E-state index in [2.05, 4.69) is 20.9 Å². The summed E-state index contributed by atoms with van der Waals surface area (Å²) in [6, 6.07) is 16.8. The molecule has 4 aromatic rings. The summed E-state index contributed by atoms with van der Waals surface area (Å²) < 4.78 is 5.50. The van der Waals surface area contributed by atoms with Crippen LogP contribution in [0.25, 0.3) is 33.5 Å². The number of nitrogens with one attached hydrogen (secondary N) is 2. The Balaban J connectivity index is 1.22. The molecule has 4 heterocycles. The van der Waals surface area contributed by atoms with Crippen LogP contribution in [0.2, 0.25) is 0 Å². The van der Waals surface area contributed by atoms with Gasteiger partial charge in [-0.3, -0.25) is 9.59 Å². The van der Waals surface area contributed by atoms with Gasteiger partial charge in [0.2, 0.25) is 17.6 Å². The van der Waals surface area contributed by atoms with Crippen LogP contribution in [0, 0.1) is 5.92 Å². The van der Waals surface area contributed by atoms with Crippen LogP contribution in [0.4, 0.5) is 4.79 Å². The third-order valence-electron chi connectivity index (χ3n) is 10.1. The van der Waals surface area contributed by atoms with Gasteiger partial charge >= 0.3 is 12.1 Å². The van der Waals surface area contributed by atoms with Gasteiger partial charge in [0, 0.05) is 35.4 Å². The van der Waals surface area contributed by atoms with Crippen molar-refractivity contribution < 1.29 is 29.0 Å². The first kappa shape index (κ1) is 35.7. The number of alkyl carbamates (subject to hydrolysis) is 1. The van der Waals surface area contributed by atoms with Crippen molar-refractivity contribution in [3.05, 3.63) is 72.8 Å². The number of para-hydroxylation sites is 1. The molecule has 2 fully saturated rings. The average Bonchev–Trinajstić information content (AvgIpc) is 3.42. The maximum Gasteiger partial charge on any atom is 0.408 e. The average molecular weight is 721 g/mol. The Labute approximate surface area is 307 Å². The number of rotatable bonds is 5. The quantitative estimate of drug-likeness (QED) is 0.236. The molecule has 14 nitrogen and oxygen atoms in total. The highest BCUT2D eigenvalue weighted by molar-refractivity contribution is 5.97. The van der Waals surface area contributed by atoms with Crippen molar-refractivity contribution in [3.8, 4) is 22.6 Å².